The molecule has 0 radical (unpaired) electrons. The Bertz CT molecular complexity index is 732. The van der Waals surface area contributed by atoms with Gasteiger partial charge in [0.05, 0.1) is 23.9 Å². The number of anilines is 1. The maximum Gasteiger partial charge on any atom is 0.260 e. The number of nitrogens with zero attached hydrogens (tertiary/aromatic N) is 1. The molecule has 1 fully saturated rings. The second-order valence-corrected chi connectivity index (χ2v) is 7.33. The fraction of sp³-hybridized carbons (Fsp3) is 0.500. The summed E-state index contributed by atoms with van der Waals surface area (Å²) in [4.78, 5) is 28.5. The average Bonchev–Trinajstić information content (AvgIpc) is 3.23. The van der Waals surface area contributed by atoms with Crippen LogP contribution in [-0.4, -0.2) is 23.3 Å². The lowest BCUT2D eigenvalue weighted by Crippen LogP contribution is -2.31. The lowest BCUT2D eigenvalue weighted by Gasteiger charge is -2.21. The largest absolute Gasteiger partial charge is 0.469 e. The Labute approximate surface area is 151 Å². The van der Waals surface area contributed by atoms with Gasteiger partial charge in [0.15, 0.2) is 5.13 Å². The number of aromatic nitrogens is 1. The highest BCUT2D eigenvalue weighted by molar-refractivity contribution is 7.14. The van der Waals surface area contributed by atoms with Crippen molar-refractivity contribution in [2.45, 2.75) is 45.4 Å². The smallest absolute Gasteiger partial charge is 0.260 e. The Morgan fingerprint density at radius 1 is 1.32 bits per heavy atom. The molecule has 0 aromatic carbocycles. The molecule has 0 aliphatic heterocycles. The van der Waals surface area contributed by atoms with E-state index >= 15 is 0 Å². The van der Waals surface area contributed by atoms with Crippen molar-refractivity contribution in [1.29, 1.82) is 0 Å². The summed E-state index contributed by atoms with van der Waals surface area (Å²) in [5.41, 5.74) is 1.16. The van der Waals surface area contributed by atoms with Crippen LogP contribution in [0.15, 0.2) is 22.1 Å². The zero-order valence-electron chi connectivity index (χ0n) is 14.3. The molecule has 3 rings (SSSR count). The minimum absolute atomic E-state index is 0.0144. The summed E-state index contributed by atoms with van der Waals surface area (Å²) in [5, 5.41) is 8.04. The molecule has 134 valence electrons. The molecule has 2 N–H and O–H groups in total. The van der Waals surface area contributed by atoms with Crippen LogP contribution < -0.4 is 10.6 Å². The zero-order valence-corrected chi connectivity index (χ0v) is 15.2. The number of hydrogen-bond acceptors (Lipinski definition) is 5. The van der Waals surface area contributed by atoms with Gasteiger partial charge in [0.1, 0.15) is 5.76 Å². The Morgan fingerprint density at radius 3 is 2.84 bits per heavy atom. The molecule has 2 heterocycles. The van der Waals surface area contributed by atoms with Crippen molar-refractivity contribution in [2.24, 2.45) is 5.92 Å². The first-order valence-corrected chi connectivity index (χ1v) is 9.56. The third-order valence-corrected chi connectivity index (χ3v) is 5.34. The van der Waals surface area contributed by atoms with Crippen molar-refractivity contribution in [3.05, 3.63) is 34.7 Å². The van der Waals surface area contributed by atoms with Crippen LogP contribution in [0.2, 0.25) is 0 Å². The summed E-state index contributed by atoms with van der Waals surface area (Å²) < 4.78 is 5.13. The highest BCUT2D eigenvalue weighted by atomic mass is 32.1. The van der Waals surface area contributed by atoms with Crippen LogP contribution in [-0.2, 0) is 11.2 Å². The van der Waals surface area contributed by atoms with Gasteiger partial charge in [-0.3, -0.25) is 14.9 Å². The van der Waals surface area contributed by atoms with Gasteiger partial charge < -0.3 is 9.73 Å². The van der Waals surface area contributed by atoms with Gasteiger partial charge >= 0.3 is 0 Å². The van der Waals surface area contributed by atoms with Crippen LogP contribution in [0.3, 0.4) is 0 Å². The van der Waals surface area contributed by atoms with E-state index < -0.39 is 0 Å². The van der Waals surface area contributed by atoms with E-state index in [1.807, 2.05) is 0 Å². The van der Waals surface area contributed by atoms with Crippen LogP contribution >= 0.6 is 11.3 Å². The molecule has 2 aromatic rings. The normalized spacial score (nSPS) is 15.1. The number of carbonyl (C=O) groups excluding carboxylic acids is 2. The molecule has 0 atom stereocenters. The molecule has 25 heavy (non-hydrogen) atoms. The minimum atomic E-state index is -0.256. The highest BCUT2D eigenvalue weighted by Crippen LogP contribution is 2.23. The average molecular weight is 361 g/mol. The minimum Gasteiger partial charge on any atom is -0.469 e. The molecule has 1 aliphatic rings. The second-order valence-electron chi connectivity index (χ2n) is 6.47. The van der Waals surface area contributed by atoms with Gasteiger partial charge in [-0.05, 0) is 31.7 Å². The number of furan rings is 1. The molecular weight excluding hydrogens is 338 g/mol. The van der Waals surface area contributed by atoms with Crippen LogP contribution in [0.4, 0.5) is 5.13 Å². The second kappa shape index (κ2) is 8.29. The molecule has 0 unspecified atom stereocenters. The molecule has 2 amide bonds. The van der Waals surface area contributed by atoms with E-state index in [2.05, 4.69) is 15.6 Å². The van der Waals surface area contributed by atoms with Gasteiger partial charge in [0.25, 0.3) is 5.91 Å². The first-order chi connectivity index (χ1) is 12.1. The molecule has 1 aliphatic carbocycles. The lowest BCUT2D eigenvalue weighted by atomic mass is 9.89. The van der Waals surface area contributed by atoms with E-state index in [0.717, 1.165) is 6.54 Å². The van der Waals surface area contributed by atoms with Gasteiger partial charge in [-0.2, -0.15) is 0 Å². The molecule has 1 saturated carbocycles. The number of amides is 2. The standard InChI is InChI=1S/C18H23N3O3S/c1-12-15(7-8-24-12)17(23)21-18-20-14(11-25-18)9-16(22)19-10-13-5-3-2-4-6-13/h7-8,11,13H,2-6,9-10H2,1H3,(H,19,22)(H,20,21,23). The Morgan fingerprint density at radius 2 is 2.12 bits per heavy atom. The number of hydrogen-bond donors (Lipinski definition) is 2. The molecular formula is C18H23N3O3S. The Hall–Kier alpha value is -2.15. The quantitative estimate of drug-likeness (QED) is 0.824. The topological polar surface area (TPSA) is 84.2 Å². The molecule has 0 saturated heterocycles. The van der Waals surface area contributed by atoms with E-state index in [1.54, 1.807) is 18.4 Å². The maximum absolute atomic E-state index is 12.1. The molecule has 7 heteroatoms. The van der Waals surface area contributed by atoms with Crippen LogP contribution in [0.25, 0.3) is 0 Å². The fourth-order valence-corrected chi connectivity index (χ4v) is 3.81. The molecule has 0 bridgehead atoms. The zero-order chi connectivity index (χ0) is 17.6. The predicted molar refractivity (Wildman–Crippen MR) is 96.8 cm³/mol. The van der Waals surface area contributed by atoms with Gasteiger partial charge in [-0.15, -0.1) is 11.3 Å². The molecule has 6 nitrogen and oxygen atoms in total. The van der Waals surface area contributed by atoms with E-state index in [1.165, 1.54) is 49.7 Å². The molecule has 0 spiro atoms. The number of nitrogens with one attached hydrogen (secondary N) is 2. The van der Waals surface area contributed by atoms with Crippen LogP contribution in [0, 0.1) is 12.8 Å². The number of aryl methyl sites for hydroxylation is 1. The number of thiazole rings is 1. The van der Waals surface area contributed by atoms with E-state index in [4.69, 9.17) is 4.42 Å². The van der Waals surface area contributed by atoms with Crippen molar-refractivity contribution < 1.29 is 14.0 Å². The highest BCUT2D eigenvalue weighted by Gasteiger charge is 2.16. The van der Waals surface area contributed by atoms with Gasteiger partial charge in [-0.25, -0.2) is 4.98 Å². The third kappa shape index (κ3) is 4.92. The van der Waals surface area contributed by atoms with Crippen molar-refractivity contribution >= 4 is 28.3 Å². The van der Waals surface area contributed by atoms with E-state index in [0.29, 0.717) is 28.1 Å². The fourth-order valence-electron chi connectivity index (χ4n) is 3.11. The van der Waals surface area contributed by atoms with Crippen molar-refractivity contribution in [2.75, 3.05) is 11.9 Å². The van der Waals surface area contributed by atoms with Crippen LogP contribution in [0.1, 0.15) is 53.9 Å². The van der Waals surface area contributed by atoms with E-state index in [9.17, 15) is 9.59 Å². The number of carbonyl (C=O) groups is 2. The van der Waals surface area contributed by atoms with Gasteiger partial charge in [0, 0.05) is 11.9 Å². The summed E-state index contributed by atoms with van der Waals surface area (Å²) in [6, 6.07) is 1.62. The lowest BCUT2D eigenvalue weighted by molar-refractivity contribution is -0.120. The van der Waals surface area contributed by atoms with Crippen LogP contribution in [0.5, 0.6) is 0 Å². The summed E-state index contributed by atoms with van der Waals surface area (Å²) in [6.07, 6.45) is 7.99. The van der Waals surface area contributed by atoms with Crippen molar-refractivity contribution in [1.82, 2.24) is 10.3 Å². The monoisotopic (exact) mass is 361 g/mol. The summed E-state index contributed by atoms with van der Waals surface area (Å²) >= 11 is 1.32. The Kier molecular flexibility index (Phi) is 5.86. The van der Waals surface area contributed by atoms with Crippen molar-refractivity contribution in [3.8, 4) is 0 Å². The van der Waals surface area contributed by atoms with Gasteiger partial charge in [-0.1, -0.05) is 19.3 Å². The third-order valence-electron chi connectivity index (χ3n) is 4.53. The SMILES string of the molecule is Cc1occc1C(=O)Nc1nc(CC(=O)NCC2CCCCC2)cs1. The maximum atomic E-state index is 12.1. The first kappa shape index (κ1) is 17.7. The van der Waals surface area contributed by atoms with Crippen molar-refractivity contribution in [3.63, 3.8) is 0 Å². The Balaban J connectivity index is 1.47. The first-order valence-electron chi connectivity index (χ1n) is 8.68. The summed E-state index contributed by atoms with van der Waals surface area (Å²) in [7, 11) is 0. The summed E-state index contributed by atoms with van der Waals surface area (Å²) in [5.74, 6) is 0.908. The van der Waals surface area contributed by atoms with Gasteiger partial charge in [0.2, 0.25) is 5.91 Å². The molecule has 2 aromatic heterocycles. The number of rotatable bonds is 6. The summed E-state index contributed by atoms with van der Waals surface area (Å²) in [6.45, 7) is 2.49. The van der Waals surface area contributed by atoms with E-state index in [-0.39, 0.29) is 18.2 Å². The predicted octanol–water partition coefficient (Wildman–Crippen LogP) is 3.54.